The van der Waals surface area contributed by atoms with Gasteiger partial charge in [-0.15, -0.1) is 24.0 Å². The zero-order chi connectivity index (χ0) is 19.2. The van der Waals surface area contributed by atoms with E-state index in [9.17, 15) is 0 Å². The zero-order valence-corrected chi connectivity index (χ0v) is 20.4. The van der Waals surface area contributed by atoms with Crippen molar-refractivity contribution in [1.82, 2.24) is 10.6 Å². The standard InChI is InChI=1S/C22H28BrN3O2.HI/c23-19-4-1-3-18(13-19)22(8-9-22)16-26-21(25-14-17-7-12-27-15-17)24-10-6-20-5-2-11-28-20;/h1-5,11,13,17H,6-10,12,14-16H2,(H2,24,25,26);1H. The quantitative estimate of drug-likeness (QED) is 0.277. The number of hydrogen-bond donors (Lipinski definition) is 2. The largest absolute Gasteiger partial charge is 0.469 e. The van der Waals surface area contributed by atoms with Crippen LogP contribution in [0.5, 0.6) is 0 Å². The molecule has 0 amide bonds. The van der Waals surface area contributed by atoms with Crippen molar-refractivity contribution >= 4 is 45.9 Å². The van der Waals surface area contributed by atoms with Crippen molar-refractivity contribution < 1.29 is 9.15 Å². The van der Waals surface area contributed by atoms with Gasteiger partial charge >= 0.3 is 0 Å². The molecular weight excluding hydrogens is 545 g/mol. The van der Waals surface area contributed by atoms with Gasteiger partial charge in [0.1, 0.15) is 5.76 Å². The summed E-state index contributed by atoms with van der Waals surface area (Å²) >= 11 is 3.60. The number of ether oxygens (including phenoxy) is 1. The molecule has 2 aromatic rings. The lowest BCUT2D eigenvalue weighted by Crippen LogP contribution is -2.41. The molecule has 1 unspecified atom stereocenters. The Bertz CT molecular complexity index is 787. The maximum atomic E-state index is 5.50. The number of rotatable bonds is 8. The second-order valence-corrected chi connectivity index (χ2v) is 8.74. The Hall–Kier alpha value is -1.06. The highest BCUT2D eigenvalue weighted by Gasteiger charge is 2.44. The van der Waals surface area contributed by atoms with Crippen LogP contribution in [0.25, 0.3) is 0 Å². The maximum Gasteiger partial charge on any atom is 0.191 e. The Morgan fingerprint density at radius 2 is 2.10 bits per heavy atom. The van der Waals surface area contributed by atoms with Crippen LogP contribution in [-0.4, -0.2) is 38.8 Å². The molecule has 2 heterocycles. The van der Waals surface area contributed by atoms with Gasteiger partial charge in [0.25, 0.3) is 0 Å². The van der Waals surface area contributed by atoms with Crippen molar-refractivity contribution in [3.63, 3.8) is 0 Å². The second-order valence-electron chi connectivity index (χ2n) is 7.82. The molecule has 2 fully saturated rings. The van der Waals surface area contributed by atoms with Crippen LogP contribution in [0.15, 0.2) is 56.5 Å². The Labute approximate surface area is 198 Å². The van der Waals surface area contributed by atoms with E-state index in [1.54, 1.807) is 6.26 Å². The molecule has 7 heteroatoms. The number of furan rings is 1. The first-order valence-electron chi connectivity index (χ1n) is 10.1. The van der Waals surface area contributed by atoms with Gasteiger partial charge in [0.05, 0.1) is 19.4 Å². The fourth-order valence-electron chi connectivity index (χ4n) is 3.66. The first-order chi connectivity index (χ1) is 13.7. The van der Waals surface area contributed by atoms with Gasteiger partial charge in [-0.1, -0.05) is 28.1 Å². The van der Waals surface area contributed by atoms with Crippen LogP contribution in [0.1, 0.15) is 30.6 Å². The molecular formula is C22H29BrIN3O2. The topological polar surface area (TPSA) is 58.8 Å². The van der Waals surface area contributed by atoms with Crippen LogP contribution in [0.2, 0.25) is 0 Å². The molecule has 1 aliphatic carbocycles. The molecule has 4 rings (SSSR count). The molecule has 2 N–H and O–H groups in total. The molecule has 1 aromatic heterocycles. The van der Waals surface area contributed by atoms with E-state index in [1.165, 1.54) is 18.4 Å². The van der Waals surface area contributed by atoms with E-state index in [0.29, 0.717) is 5.92 Å². The lowest BCUT2D eigenvalue weighted by molar-refractivity contribution is 0.186. The summed E-state index contributed by atoms with van der Waals surface area (Å²) in [5, 5.41) is 7.00. The Kier molecular flexibility index (Phi) is 8.44. The molecule has 1 saturated carbocycles. The van der Waals surface area contributed by atoms with E-state index in [0.717, 1.165) is 61.9 Å². The molecule has 0 radical (unpaired) electrons. The lowest BCUT2D eigenvalue weighted by atomic mass is 9.96. The second kappa shape index (κ2) is 10.8. The number of nitrogens with zero attached hydrogens (tertiary/aromatic N) is 1. The number of nitrogens with one attached hydrogen (secondary N) is 2. The SMILES string of the molecule is Brc1cccc(C2(CN=C(NCCc3ccco3)NCC3CCOC3)CC2)c1.I. The summed E-state index contributed by atoms with van der Waals surface area (Å²) in [5.41, 5.74) is 1.57. The van der Waals surface area contributed by atoms with Crippen LogP contribution in [0.4, 0.5) is 0 Å². The van der Waals surface area contributed by atoms with Crippen molar-refractivity contribution in [2.75, 3.05) is 32.8 Å². The van der Waals surface area contributed by atoms with Crippen LogP contribution in [0, 0.1) is 5.92 Å². The molecule has 0 spiro atoms. The van der Waals surface area contributed by atoms with E-state index < -0.39 is 0 Å². The van der Waals surface area contributed by atoms with Gasteiger partial charge in [-0.25, -0.2) is 0 Å². The number of aliphatic imine (C=N–C) groups is 1. The number of hydrogen-bond acceptors (Lipinski definition) is 3. The highest BCUT2D eigenvalue weighted by atomic mass is 127. The fourth-order valence-corrected chi connectivity index (χ4v) is 4.06. The highest BCUT2D eigenvalue weighted by Crippen LogP contribution is 2.48. The van der Waals surface area contributed by atoms with Crippen molar-refractivity contribution in [3.05, 3.63) is 58.5 Å². The summed E-state index contributed by atoms with van der Waals surface area (Å²) in [6, 6.07) is 12.6. The smallest absolute Gasteiger partial charge is 0.191 e. The number of halogens is 2. The van der Waals surface area contributed by atoms with Crippen LogP contribution >= 0.6 is 39.9 Å². The van der Waals surface area contributed by atoms with E-state index >= 15 is 0 Å². The molecule has 1 aliphatic heterocycles. The highest BCUT2D eigenvalue weighted by molar-refractivity contribution is 14.0. The summed E-state index contributed by atoms with van der Waals surface area (Å²) in [6.45, 7) is 4.22. The lowest BCUT2D eigenvalue weighted by Gasteiger charge is -2.18. The fraction of sp³-hybridized carbons (Fsp3) is 0.500. The molecule has 1 aromatic carbocycles. The monoisotopic (exact) mass is 573 g/mol. The van der Waals surface area contributed by atoms with Crippen molar-refractivity contribution in [2.45, 2.75) is 31.1 Å². The first-order valence-corrected chi connectivity index (χ1v) is 10.9. The molecule has 158 valence electrons. The van der Waals surface area contributed by atoms with Crippen molar-refractivity contribution in [2.24, 2.45) is 10.9 Å². The van der Waals surface area contributed by atoms with Gasteiger partial charge in [0, 0.05) is 41.9 Å². The average Bonchev–Trinajstić information content (AvgIpc) is 3.09. The first kappa shape index (κ1) is 22.6. The minimum absolute atomic E-state index is 0. The van der Waals surface area contributed by atoms with Gasteiger partial charge in [0.2, 0.25) is 0 Å². The van der Waals surface area contributed by atoms with E-state index in [1.807, 2.05) is 12.1 Å². The third-order valence-electron chi connectivity index (χ3n) is 5.66. The predicted molar refractivity (Wildman–Crippen MR) is 130 cm³/mol. The summed E-state index contributed by atoms with van der Waals surface area (Å²) in [7, 11) is 0. The van der Waals surface area contributed by atoms with Gasteiger partial charge in [-0.05, 0) is 49.1 Å². The summed E-state index contributed by atoms with van der Waals surface area (Å²) in [4.78, 5) is 4.95. The molecule has 2 aliphatic rings. The molecule has 29 heavy (non-hydrogen) atoms. The minimum Gasteiger partial charge on any atom is -0.469 e. The van der Waals surface area contributed by atoms with E-state index in [2.05, 4.69) is 50.8 Å². The molecule has 1 atom stereocenters. The molecule has 1 saturated heterocycles. The average molecular weight is 574 g/mol. The number of benzene rings is 1. The minimum atomic E-state index is 0. The maximum absolute atomic E-state index is 5.50. The summed E-state index contributed by atoms with van der Waals surface area (Å²) < 4.78 is 12.1. The van der Waals surface area contributed by atoms with Gasteiger partial charge in [0.15, 0.2) is 5.96 Å². The van der Waals surface area contributed by atoms with Crippen LogP contribution in [0.3, 0.4) is 0 Å². The summed E-state index contributed by atoms with van der Waals surface area (Å²) in [5.74, 6) is 2.45. The molecule has 5 nitrogen and oxygen atoms in total. The molecule has 0 bridgehead atoms. The Morgan fingerprint density at radius 3 is 2.79 bits per heavy atom. The van der Waals surface area contributed by atoms with Crippen molar-refractivity contribution in [3.8, 4) is 0 Å². The van der Waals surface area contributed by atoms with E-state index in [4.69, 9.17) is 14.1 Å². The predicted octanol–water partition coefficient (Wildman–Crippen LogP) is 4.51. The van der Waals surface area contributed by atoms with Gasteiger partial charge in [-0.2, -0.15) is 0 Å². The zero-order valence-electron chi connectivity index (χ0n) is 16.5. The third kappa shape index (κ3) is 6.46. The Balaban J connectivity index is 0.00000240. The van der Waals surface area contributed by atoms with E-state index in [-0.39, 0.29) is 29.4 Å². The normalized spacial score (nSPS) is 20.2. The van der Waals surface area contributed by atoms with Crippen LogP contribution in [-0.2, 0) is 16.6 Å². The summed E-state index contributed by atoms with van der Waals surface area (Å²) in [6.07, 6.45) is 6.08. The van der Waals surface area contributed by atoms with Gasteiger partial charge < -0.3 is 19.8 Å². The number of guanidine groups is 1. The van der Waals surface area contributed by atoms with Crippen molar-refractivity contribution in [1.29, 1.82) is 0 Å². The Morgan fingerprint density at radius 1 is 1.21 bits per heavy atom. The third-order valence-corrected chi connectivity index (χ3v) is 6.15. The van der Waals surface area contributed by atoms with Crippen LogP contribution < -0.4 is 10.6 Å². The van der Waals surface area contributed by atoms with Gasteiger partial charge in [-0.3, -0.25) is 4.99 Å².